The predicted octanol–water partition coefficient (Wildman–Crippen LogP) is 9.30. The number of rotatable bonds is 11. The number of benzene rings is 4. The number of anilines is 3. The zero-order chi connectivity index (χ0) is 32.1. The van der Waals surface area contributed by atoms with Gasteiger partial charge in [-0.25, -0.2) is 14.4 Å². The van der Waals surface area contributed by atoms with Gasteiger partial charge in [0.1, 0.15) is 0 Å². The average Bonchev–Trinajstić information content (AvgIpc) is 3.31. The van der Waals surface area contributed by atoms with Crippen molar-refractivity contribution < 1.29 is 19.1 Å². The topological polar surface area (TPSA) is 60.2 Å². The number of carbonyl (C=O) groups is 2. The largest absolute Gasteiger partial charge is 0.462 e. The maximum Gasteiger partial charge on any atom is 0.333 e. The molecule has 1 aliphatic carbocycles. The van der Waals surface area contributed by atoms with Gasteiger partial charge >= 0.3 is 11.9 Å². The summed E-state index contributed by atoms with van der Waals surface area (Å²) < 4.78 is 11.3. The van der Waals surface area contributed by atoms with Crippen LogP contribution < -0.4 is 4.90 Å². The summed E-state index contributed by atoms with van der Waals surface area (Å²) in [6.45, 7) is 20.5. The van der Waals surface area contributed by atoms with E-state index in [9.17, 15) is 9.59 Å². The summed E-state index contributed by atoms with van der Waals surface area (Å²) in [7, 11) is 0. The molecule has 45 heavy (non-hydrogen) atoms. The average molecular weight is 597 g/mol. The molecule has 6 heteroatoms. The van der Waals surface area contributed by atoms with Gasteiger partial charge in [-0.1, -0.05) is 73.8 Å². The molecule has 6 nitrogen and oxygen atoms in total. The van der Waals surface area contributed by atoms with E-state index in [0.29, 0.717) is 29.7 Å². The van der Waals surface area contributed by atoms with E-state index in [1.54, 1.807) is 13.8 Å². The van der Waals surface area contributed by atoms with E-state index in [2.05, 4.69) is 65.4 Å². The third-order valence-corrected chi connectivity index (χ3v) is 8.30. The van der Waals surface area contributed by atoms with Gasteiger partial charge in [0.2, 0.25) is 0 Å². The lowest BCUT2D eigenvalue weighted by atomic mass is 9.73. The van der Waals surface area contributed by atoms with Crippen LogP contribution in [0.15, 0.2) is 115 Å². The Kier molecular flexibility index (Phi) is 9.01. The number of carbonyl (C=O) groups excluding carboxylic acids is 2. The first-order valence-corrected chi connectivity index (χ1v) is 14.9. The van der Waals surface area contributed by atoms with Crippen molar-refractivity contribution in [1.29, 1.82) is 0 Å². The fourth-order valence-electron chi connectivity index (χ4n) is 6.09. The second kappa shape index (κ2) is 13.1. The molecular weight excluding hydrogens is 560 g/mol. The number of ether oxygens (including phenoxy) is 2. The molecule has 0 amide bonds. The van der Waals surface area contributed by atoms with E-state index < -0.39 is 17.4 Å². The van der Waals surface area contributed by atoms with Crippen molar-refractivity contribution in [2.45, 2.75) is 39.0 Å². The normalized spacial score (nSPS) is 12.3. The predicted molar refractivity (Wildman–Crippen MR) is 179 cm³/mol. The number of esters is 2. The van der Waals surface area contributed by atoms with Gasteiger partial charge in [0, 0.05) is 33.6 Å². The van der Waals surface area contributed by atoms with Crippen LogP contribution in [0.2, 0.25) is 0 Å². The SMILES string of the molecule is [C-]#[N+]c1ccc(N(c2ccccc2)c2ccc3c(c2)C(CCOC(=O)C(=C)C)(CCOC(=O)C(=C)C)c2ccccc2-3)c(C)c1. The van der Waals surface area contributed by atoms with Crippen LogP contribution in [0.4, 0.5) is 22.7 Å². The van der Waals surface area contributed by atoms with E-state index in [1.807, 2.05) is 55.5 Å². The van der Waals surface area contributed by atoms with Crippen LogP contribution >= 0.6 is 0 Å². The molecule has 0 saturated heterocycles. The minimum atomic E-state index is -0.613. The number of para-hydroxylation sites is 1. The zero-order valence-electron chi connectivity index (χ0n) is 25.9. The van der Waals surface area contributed by atoms with Crippen LogP contribution in [0.5, 0.6) is 0 Å². The molecule has 0 spiro atoms. The van der Waals surface area contributed by atoms with Crippen molar-refractivity contribution >= 4 is 34.7 Å². The highest BCUT2D eigenvalue weighted by atomic mass is 16.5. The van der Waals surface area contributed by atoms with E-state index in [1.165, 1.54) is 0 Å². The van der Waals surface area contributed by atoms with Crippen LogP contribution in [0.1, 0.15) is 43.4 Å². The van der Waals surface area contributed by atoms with E-state index in [0.717, 1.165) is 44.9 Å². The first-order chi connectivity index (χ1) is 21.7. The van der Waals surface area contributed by atoms with Crippen molar-refractivity contribution in [3.8, 4) is 11.1 Å². The lowest BCUT2D eigenvalue weighted by Crippen LogP contribution is -2.30. The molecule has 0 bridgehead atoms. The Morgan fingerprint density at radius 2 is 1.36 bits per heavy atom. The first-order valence-electron chi connectivity index (χ1n) is 14.9. The number of nitrogens with zero attached hydrogens (tertiary/aromatic N) is 2. The molecule has 0 aromatic heterocycles. The number of hydrogen-bond donors (Lipinski definition) is 0. The molecule has 0 N–H and O–H groups in total. The highest BCUT2D eigenvalue weighted by Crippen LogP contribution is 2.54. The van der Waals surface area contributed by atoms with Crippen LogP contribution in [0.3, 0.4) is 0 Å². The Morgan fingerprint density at radius 1 is 0.756 bits per heavy atom. The van der Waals surface area contributed by atoms with Gasteiger partial charge < -0.3 is 14.4 Å². The minimum Gasteiger partial charge on any atom is -0.462 e. The summed E-state index contributed by atoms with van der Waals surface area (Å²) in [5.41, 5.74) is 8.84. The second-order valence-corrected chi connectivity index (χ2v) is 11.4. The van der Waals surface area contributed by atoms with Crippen molar-refractivity contribution in [2.24, 2.45) is 0 Å². The van der Waals surface area contributed by atoms with Gasteiger partial charge in [0.05, 0.1) is 19.8 Å². The standard InChI is InChI=1S/C39H36N2O4/c1-26(2)37(42)44-22-20-39(21-23-45-38(43)27(3)4)34-15-11-10-14-32(34)33-18-17-31(25-35(33)39)41(30-12-8-7-9-13-30)36-19-16-29(40-6)24-28(36)5/h7-19,24-25H,1,3,20-23H2,2,4-5H3. The van der Waals surface area contributed by atoms with Gasteiger partial charge in [-0.3, -0.25) is 0 Å². The maximum absolute atomic E-state index is 12.4. The summed E-state index contributed by atoms with van der Waals surface area (Å²) in [4.78, 5) is 30.6. The fraction of sp³-hybridized carbons (Fsp3) is 0.205. The third-order valence-electron chi connectivity index (χ3n) is 8.30. The Bertz CT molecular complexity index is 1800. The van der Waals surface area contributed by atoms with E-state index in [4.69, 9.17) is 16.0 Å². The Morgan fingerprint density at radius 3 is 1.96 bits per heavy atom. The van der Waals surface area contributed by atoms with Crippen LogP contribution in [-0.4, -0.2) is 25.2 Å². The van der Waals surface area contributed by atoms with E-state index in [-0.39, 0.29) is 13.2 Å². The zero-order valence-corrected chi connectivity index (χ0v) is 25.9. The third kappa shape index (κ3) is 6.16. The highest BCUT2D eigenvalue weighted by molar-refractivity contribution is 5.88. The number of hydrogen-bond acceptors (Lipinski definition) is 5. The number of fused-ring (bicyclic) bond motifs is 3. The molecule has 0 aliphatic heterocycles. The van der Waals surface area contributed by atoms with Crippen molar-refractivity contribution in [3.63, 3.8) is 0 Å². The maximum atomic E-state index is 12.4. The summed E-state index contributed by atoms with van der Waals surface area (Å²) in [6.07, 6.45) is 0.961. The van der Waals surface area contributed by atoms with Gasteiger partial charge in [-0.05, 0) is 91.8 Å². The summed E-state index contributed by atoms with van der Waals surface area (Å²) >= 11 is 0. The summed E-state index contributed by atoms with van der Waals surface area (Å²) in [5, 5.41) is 0. The molecule has 0 fully saturated rings. The Balaban J connectivity index is 1.67. The van der Waals surface area contributed by atoms with Crippen molar-refractivity contribution in [1.82, 2.24) is 0 Å². The molecule has 0 saturated carbocycles. The van der Waals surface area contributed by atoms with Crippen LogP contribution in [0.25, 0.3) is 16.0 Å². The van der Waals surface area contributed by atoms with Crippen LogP contribution in [-0.2, 0) is 24.5 Å². The van der Waals surface area contributed by atoms with Crippen molar-refractivity contribution in [2.75, 3.05) is 18.1 Å². The molecule has 0 unspecified atom stereocenters. The number of aryl methyl sites for hydroxylation is 1. The molecule has 0 heterocycles. The molecule has 1 aliphatic rings. The van der Waals surface area contributed by atoms with Gasteiger partial charge in [-0.15, -0.1) is 0 Å². The highest BCUT2D eigenvalue weighted by Gasteiger charge is 2.43. The van der Waals surface area contributed by atoms with Gasteiger partial charge in [0.25, 0.3) is 0 Å². The monoisotopic (exact) mass is 596 g/mol. The minimum absolute atomic E-state index is 0.164. The molecule has 4 aromatic carbocycles. The Hall–Kier alpha value is -5.41. The second-order valence-electron chi connectivity index (χ2n) is 11.4. The van der Waals surface area contributed by atoms with Gasteiger partial charge in [-0.2, -0.15) is 0 Å². The lowest BCUT2D eigenvalue weighted by Gasteiger charge is -2.33. The molecule has 4 aromatic rings. The first kappa shape index (κ1) is 31.0. The lowest BCUT2D eigenvalue weighted by molar-refractivity contribution is -0.139. The van der Waals surface area contributed by atoms with Crippen LogP contribution in [0, 0.1) is 13.5 Å². The molecule has 0 atom stereocenters. The molecule has 0 radical (unpaired) electrons. The fourth-order valence-corrected chi connectivity index (χ4v) is 6.09. The smallest absolute Gasteiger partial charge is 0.333 e. The molecular formula is C39H36N2O4. The molecule has 5 rings (SSSR count). The summed E-state index contributed by atoms with van der Waals surface area (Å²) in [5.74, 6) is -0.875. The Labute approximate surface area is 265 Å². The van der Waals surface area contributed by atoms with Gasteiger partial charge in [0.15, 0.2) is 5.69 Å². The summed E-state index contributed by atoms with van der Waals surface area (Å²) in [6, 6.07) is 30.5. The van der Waals surface area contributed by atoms with E-state index >= 15 is 0 Å². The quantitative estimate of drug-likeness (QED) is 0.0981. The molecule has 226 valence electrons. The van der Waals surface area contributed by atoms with Crippen molar-refractivity contribution in [3.05, 3.63) is 143 Å².